The standard InChI is InChI=1S/C16H12FNO2/c17-15-9-13(5-6-14(15)10-18)11-1-3-12(4-2-11)16-19-7-8-20-16/h1-6,9,16H,7-8H2. The lowest BCUT2D eigenvalue weighted by atomic mass is 10.0. The average Bonchev–Trinajstić information content (AvgIpc) is 3.01. The topological polar surface area (TPSA) is 42.2 Å². The van der Waals surface area contributed by atoms with Gasteiger partial charge in [0.25, 0.3) is 0 Å². The van der Waals surface area contributed by atoms with Gasteiger partial charge < -0.3 is 9.47 Å². The van der Waals surface area contributed by atoms with Gasteiger partial charge in [0, 0.05) is 5.56 Å². The van der Waals surface area contributed by atoms with E-state index in [0.29, 0.717) is 13.2 Å². The van der Waals surface area contributed by atoms with E-state index < -0.39 is 5.82 Å². The average molecular weight is 269 g/mol. The minimum Gasteiger partial charge on any atom is -0.346 e. The maximum atomic E-state index is 13.6. The van der Waals surface area contributed by atoms with Crippen LogP contribution in [0.1, 0.15) is 17.4 Å². The molecule has 1 aliphatic rings. The molecule has 100 valence electrons. The molecule has 0 aromatic heterocycles. The number of hydrogen-bond donors (Lipinski definition) is 0. The molecule has 3 nitrogen and oxygen atoms in total. The van der Waals surface area contributed by atoms with Crippen molar-refractivity contribution in [3.8, 4) is 17.2 Å². The van der Waals surface area contributed by atoms with Gasteiger partial charge in [0.1, 0.15) is 11.9 Å². The normalized spacial score (nSPS) is 15.2. The maximum Gasteiger partial charge on any atom is 0.184 e. The van der Waals surface area contributed by atoms with Crippen molar-refractivity contribution in [3.63, 3.8) is 0 Å². The third-order valence-corrected chi connectivity index (χ3v) is 3.23. The van der Waals surface area contributed by atoms with Crippen LogP contribution < -0.4 is 0 Å². The first-order valence-electron chi connectivity index (χ1n) is 6.31. The lowest BCUT2D eigenvalue weighted by Crippen LogP contribution is -1.97. The molecule has 20 heavy (non-hydrogen) atoms. The van der Waals surface area contributed by atoms with Gasteiger partial charge in [-0.05, 0) is 23.3 Å². The summed E-state index contributed by atoms with van der Waals surface area (Å²) in [5.41, 5.74) is 2.62. The van der Waals surface area contributed by atoms with Gasteiger partial charge in [-0.25, -0.2) is 4.39 Å². The Labute approximate surface area is 116 Å². The molecule has 0 amide bonds. The summed E-state index contributed by atoms with van der Waals surface area (Å²) in [6, 6.07) is 14.0. The minimum absolute atomic E-state index is 0.0538. The van der Waals surface area contributed by atoms with Gasteiger partial charge in [-0.3, -0.25) is 0 Å². The van der Waals surface area contributed by atoms with Crippen LogP contribution in [0.2, 0.25) is 0 Å². The highest BCUT2D eigenvalue weighted by molar-refractivity contribution is 5.64. The second-order valence-corrected chi connectivity index (χ2v) is 4.50. The predicted octanol–water partition coefficient (Wildman–Crippen LogP) is 3.41. The Balaban J connectivity index is 1.87. The molecule has 1 saturated heterocycles. The van der Waals surface area contributed by atoms with E-state index in [1.54, 1.807) is 6.07 Å². The zero-order valence-electron chi connectivity index (χ0n) is 10.7. The Morgan fingerprint density at radius 3 is 2.25 bits per heavy atom. The highest BCUT2D eigenvalue weighted by atomic mass is 19.1. The zero-order valence-corrected chi connectivity index (χ0v) is 10.7. The predicted molar refractivity (Wildman–Crippen MR) is 71.2 cm³/mol. The Morgan fingerprint density at radius 1 is 1.00 bits per heavy atom. The van der Waals surface area contributed by atoms with Crippen molar-refractivity contribution >= 4 is 0 Å². The van der Waals surface area contributed by atoms with Gasteiger partial charge in [-0.1, -0.05) is 30.3 Å². The Hall–Kier alpha value is -2.22. The van der Waals surface area contributed by atoms with Crippen LogP contribution in [0.3, 0.4) is 0 Å². The number of nitriles is 1. The first kappa shape index (κ1) is 12.8. The summed E-state index contributed by atoms with van der Waals surface area (Å²) in [6.07, 6.45) is -0.304. The van der Waals surface area contributed by atoms with E-state index in [2.05, 4.69) is 0 Å². The van der Waals surface area contributed by atoms with Crippen LogP contribution >= 0.6 is 0 Å². The maximum absolute atomic E-state index is 13.6. The van der Waals surface area contributed by atoms with Crippen molar-refractivity contribution in [1.82, 2.24) is 0 Å². The largest absolute Gasteiger partial charge is 0.346 e. The summed E-state index contributed by atoms with van der Waals surface area (Å²) in [6.45, 7) is 1.21. The molecule has 0 atom stereocenters. The number of benzene rings is 2. The highest BCUT2D eigenvalue weighted by Crippen LogP contribution is 2.27. The van der Waals surface area contributed by atoms with Crippen molar-refractivity contribution in [3.05, 3.63) is 59.4 Å². The molecule has 1 fully saturated rings. The van der Waals surface area contributed by atoms with Crippen molar-refractivity contribution in [2.45, 2.75) is 6.29 Å². The second kappa shape index (κ2) is 5.41. The summed E-state index contributed by atoms with van der Waals surface area (Å²) in [5, 5.41) is 8.72. The molecule has 0 radical (unpaired) electrons. The van der Waals surface area contributed by atoms with Crippen molar-refractivity contribution < 1.29 is 13.9 Å². The fourth-order valence-corrected chi connectivity index (χ4v) is 2.17. The van der Waals surface area contributed by atoms with E-state index in [0.717, 1.165) is 16.7 Å². The lowest BCUT2D eigenvalue weighted by Gasteiger charge is -2.10. The number of ether oxygens (including phenoxy) is 2. The van der Waals surface area contributed by atoms with Gasteiger partial charge in [0.2, 0.25) is 0 Å². The molecule has 3 rings (SSSR count). The second-order valence-electron chi connectivity index (χ2n) is 4.50. The van der Waals surface area contributed by atoms with Gasteiger partial charge >= 0.3 is 0 Å². The van der Waals surface area contributed by atoms with Crippen LogP contribution in [0, 0.1) is 17.1 Å². The van der Waals surface area contributed by atoms with Gasteiger partial charge in [0.15, 0.2) is 6.29 Å². The summed E-state index contributed by atoms with van der Waals surface area (Å²) < 4.78 is 24.4. The van der Waals surface area contributed by atoms with Gasteiger partial charge in [0.05, 0.1) is 18.8 Å². The molecule has 2 aromatic carbocycles. The number of hydrogen-bond acceptors (Lipinski definition) is 3. The van der Waals surface area contributed by atoms with Crippen LogP contribution in [0.15, 0.2) is 42.5 Å². The summed E-state index contributed by atoms with van der Waals surface area (Å²) in [7, 11) is 0. The monoisotopic (exact) mass is 269 g/mol. The quantitative estimate of drug-likeness (QED) is 0.839. The first-order chi connectivity index (χ1) is 9.78. The van der Waals surface area contributed by atoms with Crippen LogP contribution in [0.5, 0.6) is 0 Å². The third kappa shape index (κ3) is 2.42. The van der Waals surface area contributed by atoms with Crippen LogP contribution in [0.4, 0.5) is 4.39 Å². The minimum atomic E-state index is -0.503. The summed E-state index contributed by atoms with van der Waals surface area (Å²) >= 11 is 0. The molecule has 0 N–H and O–H groups in total. The van der Waals surface area contributed by atoms with Crippen molar-refractivity contribution in [2.24, 2.45) is 0 Å². The Bertz CT molecular complexity index is 655. The van der Waals surface area contributed by atoms with E-state index in [1.165, 1.54) is 12.1 Å². The molecule has 1 heterocycles. The van der Waals surface area contributed by atoms with Crippen LogP contribution in [-0.2, 0) is 9.47 Å². The molecule has 0 unspecified atom stereocenters. The van der Waals surface area contributed by atoms with E-state index in [-0.39, 0.29) is 11.9 Å². The van der Waals surface area contributed by atoms with Crippen LogP contribution in [-0.4, -0.2) is 13.2 Å². The zero-order chi connectivity index (χ0) is 13.9. The van der Waals surface area contributed by atoms with Gasteiger partial charge in [-0.15, -0.1) is 0 Å². The number of nitrogens with zero attached hydrogens (tertiary/aromatic N) is 1. The van der Waals surface area contributed by atoms with E-state index in [4.69, 9.17) is 14.7 Å². The van der Waals surface area contributed by atoms with Crippen LogP contribution in [0.25, 0.3) is 11.1 Å². The molecule has 0 saturated carbocycles. The van der Waals surface area contributed by atoms with Crippen molar-refractivity contribution in [1.29, 1.82) is 5.26 Å². The molecular formula is C16H12FNO2. The number of rotatable bonds is 2. The molecule has 4 heteroatoms. The smallest absolute Gasteiger partial charge is 0.184 e. The van der Waals surface area contributed by atoms with Crippen molar-refractivity contribution in [2.75, 3.05) is 13.2 Å². The fraction of sp³-hybridized carbons (Fsp3) is 0.188. The molecule has 1 aliphatic heterocycles. The van der Waals surface area contributed by atoms with Gasteiger partial charge in [-0.2, -0.15) is 5.26 Å². The molecular weight excluding hydrogens is 257 g/mol. The van der Waals surface area contributed by atoms with E-state index in [9.17, 15) is 4.39 Å². The van der Waals surface area contributed by atoms with E-state index >= 15 is 0 Å². The first-order valence-corrected chi connectivity index (χ1v) is 6.31. The summed E-state index contributed by atoms with van der Waals surface area (Å²) in [4.78, 5) is 0. The van der Waals surface area contributed by atoms with E-state index in [1.807, 2.05) is 30.3 Å². The fourth-order valence-electron chi connectivity index (χ4n) is 2.17. The molecule has 0 aliphatic carbocycles. The molecule has 2 aromatic rings. The highest BCUT2D eigenvalue weighted by Gasteiger charge is 2.17. The molecule has 0 spiro atoms. The lowest BCUT2D eigenvalue weighted by molar-refractivity contribution is -0.0441. The Kier molecular flexibility index (Phi) is 3.46. The SMILES string of the molecule is N#Cc1ccc(-c2ccc(C3OCCO3)cc2)cc1F. The third-order valence-electron chi connectivity index (χ3n) is 3.23. The molecule has 0 bridgehead atoms. The summed E-state index contributed by atoms with van der Waals surface area (Å²) in [5.74, 6) is -0.503. The Morgan fingerprint density at radius 2 is 1.65 bits per heavy atom. The number of halogens is 1.